The van der Waals surface area contributed by atoms with Gasteiger partial charge in [0.05, 0.1) is 13.2 Å². The lowest BCUT2D eigenvalue weighted by Gasteiger charge is -2.21. The maximum Gasteiger partial charge on any atom is 0.406 e. The van der Waals surface area contributed by atoms with E-state index in [9.17, 15) is 24.4 Å². The zero-order valence-corrected chi connectivity index (χ0v) is 15.5. The number of hydrogen-bond donors (Lipinski definition) is 5. The normalized spacial score (nSPS) is 26.6. The number of rotatable bonds is 10. The van der Waals surface area contributed by atoms with Crippen molar-refractivity contribution in [1.29, 1.82) is 0 Å². The van der Waals surface area contributed by atoms with Crippen LogP contribution in [0.25, 0.3) is 0 Å². The molecule has 28 heavy (non-hydrogen) atoms. The van der Waals surface area contributed by atoms with E-state index in [0.717, 1.165) is 4.57 Å². The van der Waals surface area contributed by atoms with Gasteiger partial charge in [-0.3, -0.25) is 18.4 Å². The summed E-state index contributed by atoms with van der Waals surface area (Å²) in [6, 6.07) is 1.31. The van der Waals surface area contributed by atoms with E-state index in [1.165, 1.54) is 18.3 Å². The number of aliphatic hydroxyl groups excluding tert-OH is 2. The first kappa shape index (κ1) is 22.2. The lowest BCUT2D eigenvalue weighted by molar-refractivity contribution is -0.135. The standard InChI is InChI=1S/C14H21N4O9P/c1-2-5-25-28(24,16-6-10(19)20)26-7-8-11(21)12(22)13(27-8)18-4-3-9(15)17-14(18)23/h2-4,8,11-13,21-22H,1,5-7H2,(H,16,24)(H,19,20)(H2,15,17,23)/t8-,11-,12-,13-,28?/m1/s1. The third kappa shape index (κ3) is 5.45. The van der Waals surface area contributed by atoms with Crippen molar-refractivity contribution in [2.75, 3.05) is 25.5 Å². The van der Waals surface area contributed by atoms with Gasteiger partial charge in [-0.15, -0.1) is 6.58 Å². The molecule has 0 aliphatic carbocycles. The van der Waals surface area contributed by atoms with Gasteiger partial charge in [0.2, 0.25) is 0 Å². The second-order valence-electron chi connectivity index (χ2n) is 5.69. The molecule has 156 valence electrons. The van der Waals surface area contributed by atoms with Crippen molar-refractivity contribution in [3.63, 3.8) is 0 Å². The van der Waals surface area contributed by atoms with Crippen molar-refractivity contribution < 1.29 is 38.5 Å². The topological polar surface area (TPSA) is 195 Å². The summed E-state index contributed by atoms with van der Waals surface area (Å²) in [5.74, 6) is -1.33. The van der Waals surface area contributed by atoms with Gasteiger partial charge in [-0.2, -0.15) is 4.98 Å². The number of nitrogens with one attached hydrogen (secondary N) is 1. The molecule has 1 unspecified atom stereocenters. The van der Waals surface area contributed by atoms with E-state index >= 15 is 0 Å². The van der Waals surface area contributed by atoms with Crippen molar-refractivity contribution in [2.45, 2.75) is 24.5 Å². The summed E-state index contributed by atoms with van der Waals surface area (Å²) in [7, 11) is -4.07. The first-order valence-corrected chi connectivity index (χ1v) is 9.54. The Hall–Kier alpha value is -2.12. The molecular weight excluding hydrogens is 399 g/mol. The Labute approximate surface area is 158 Å². The summed E-state index contributed by atoms with van der Waals surface area (Å²) < 4.78 is 29.0. The Bertz CT molecular complexity index is 816. The van der Waals surface area contributed by atoms with Crippen LogP contribution < -0.4 is 16.5 Å². The Morgan fingerprint density at radius 2 is 2.18 bits per heavy atom. The van der Waals surface area contributed by atoms with Crippen molar-refractivity contribution >= 4 is 19.5 Å². The highest BCUT2D eigenvalue weighted by molar-refractivity contribution is 7.51. The molecule has 2 heterocycles. The molecule has 5 atom stereocenters. The number of nitrogen functional groups attached to an aromatic ring is 1. The Morgan fingerprint density at radius 3 is 2.79 bits per heavy atom. The summed E-state index contributed by atoms with van der Waals surface area (Å²) in [5, 5.41) is 31.1. The predicted molar refractivity (Wildman–Crippen MR) is 94.2 cm³/mol. The average Bonchev–Trinajstić information content (AvgIpc) is 2.92. The van der Waals surface area contributed by atoms with Gasteiger partial charge in [0.1, 0.15) is 30.7 Å². The highest BCUT2D eigenvalue weighted by Crippen LogP contribution is 2.44. The molecule has 1 aliphatic heterocycles. The van der Waals surface area contributed by atoms with Crippen LogP contribution in [-0.4, -0.2) is 68.9 Å². The molecule has 0 radical (unpaired) electrons. The van der Waals surface area contributed by atoms with Gasteiger partial charge in [-0.05, 0) is 6.07 Å². The van der Waals surface area contributed by atoms with Crippen molar-refractivity contribution in [3.05, 3.63) is 35.4 Å². The van der Waals surface area contributed by atoms with E-state index in [1.54, 1.807) is 0 Å². The number of carboxylic acids is 1. The van der Waals surface area contributed by atoms with E-state index in [1.807, 2.05) is 0 Å². The molecule has 0 spiro atoms. The van der Waals surface area contributed by atoms with Gasteiger partial charge in [-0.25, -0.2) is 14.4 Å². The molecule has 1 aromatic rings. The van der Waals surface area contributed by atoms with E-state index in [0.29, 0.717) is 0 Å². The number of aliphatic carboxylic acids is 1. The SMILES string of the molecule is C=CCOP(=O)(NCC(=O)O)OC[C@H]1O[C@@H](n2ccc(N)nc2=O)[C@H](O)[C@@H]1O. The third-order valence-electron chi connectivity index (χ3n) is 3.66. The number of hydrogen-bond acceptors (Lipinski definition) is 10. The summed E-state index contributed by atoms with van der Waals surface area (Å²) in [5.41, 5.74) is 4.60. The van der Waals surface area contributed by atoms with Gasteiger partial charge >= 0.3 is 19.4 Å². The van der Waals surface area contributed by atoms with Crippen LogP contribution in [0.2, 0.25) is 0 Å². The smallest absolute Gasteiger partial charge is 0.406 e. The Balaban J connectivity index is 2.08. The van der Waals surface area contributed by atoms with Gasteiger partial charge in [0.25, 0.3) is 0 Å². The van der Waals surface area contributed by atoms with Crippen LogP contribution in [-0.2, 0) is 23.1 Å². The third-order valence-corrected chi connectivity index (χ3v) is 5.18. The quantitative estimate of drug-likeness (QED) is 0.216. The van der Waals surface area contributed by atoms with Crippen LogP contribution in [0, 0.1) is 0 Å². The van der Waals surface area contributed by atoms with Gasteiger partial charge < -0.3 is 25.8 Å². The number of aliphatic hydroxyl groups is 2. The highest BCUT2D eigenvalue weighted by atomic mass is 31.2. The number of anilines is 1. The average molecular weight is 420 g/mol. The molecular formula is C14H21N4O9P. The zero-order valence-electron chi connectivity index (χ0n) is 14.6. The van der Waals surface area contributed by atoms with E-state index < -0.39 is 57.1 Å². The summed E-state index contributed by atoms with van der Waals surface area (Å²) >= 11 is 0. The molecule has 14 heteroatoms. The number of carboxylic acid groups (broad SMARTS) is 1. The zero-order chi connectivity index (χ0) is 20.9. The fourth-order valence-corrected chi connectivity index (χ4v) is 3.56. The van der Waals surface area contributed by atoms with Crippen LogP contribution in [0.3, 0.4) is 0 Å². The van der Waals surface area contributed by atoms with E-state index in [2.05, 4.69) is 16.7 Å². The molecule has 1 fully saturated rings. The van der Waals surface area contributed by atoms with Crippen LogP contribution in [0.4, 0.5) is 5.82 Å². The molecule has 0 saturated carbocycles. The van der Waals surface area contributed by atoms with E-state index in [-0.39, 0.29) is 12.4 Å². The number of nitrogens with two attached hydrogens (primary N) is 1. The Morgan fingerprint density at radius 1 is 1.46 bits per heavy atom. The monoisotopic (exact) mass is 420 g/mol. The maximum atomic E-state index is 12.5. The van der Waals surface area contributed by atoms with Crippen LogP contribution >= 0.6 is 7.75 Å². The molecule has 0 bridgehead atoms. The minimum Gasteiger partial charge on any atom is -0.480 e. The van der Waals surface area contributed by atoms with Crippen LogP contribution in [0.5, 0.6) is 0 Å². The lowest BCUT2D eigenvalue weighted by atomic mass is 10.1. The van der Waals surface area contributed by atoms with Crippen molar-refractivity contribution in [2.24, 2.45) is 0 Å². The maximum absolute atomic E-state index is 12.5. The molecule has 1 aliphatic rings. The van der Waals surface area contributed by atoms with Crippen molar-refractivity contribution in [3.8, 4) is 0 Å². The van der Waals surface area contributed by atoms with Gasteiger partial charge in [0, 0.05) is 6.20 Å². The first-order valence-electron chi connectivity index (χ1n) is 8.00. The first-order chi connectivity index (χ1) is 13.2. The second-order valence-corrected chi connectivity index (χ2v) is 7.52. The minimum absolute atomic E-state index is 0.0287. The van der Waals surface area contributed by atoms with Gasteiger partial charge in [0.15, 0.2) is 6.23 Å². The number of carbonyl (C=O) groups is 1. The molecule has 0 aromatic carbocycles. The molecule has 0 amide bonds. The largest absolute Gasteiger partial charge is 0.480 e. The van der Waals surface area contributed by atoms with Crippen molar-refractivity contribution in [1.82, 2.24) is 14.6 Å². The molecule has 1 aromatic heterocycles. The van der Waals surface area contributed by atoms with Crippen LogP contribution in [0.1, 0.15) is 6.23 Å². The summed E-state index contributed by atoms with van der Waals surface area (Å²) in [6.07, 6.45) is -2.99. The fourth-order valence-electron chi connectivity index (χ4n) is 2.33. The number of nitrogens with zero attached hydrogens (tertiary/aromatic N) is 2. The Kier molecular flexibility index (Phi) is 7.43. The molecule has 13 nitrogen and oxygen atoms in total. The minimum atomic E-state index is -4.07. The van der Waals surface area contributed by atoms with E-state index in [4.69, 9.17) is 24.6 Å². The predicted octanol–water partition coefficient (Wildman–Crippen LogP) is -1.55. The lowest BCUT2D eigenvalue weighted by Crippen LogP contribution is -2.36. The number of ether oxygens (including phenoxy) is 1. The highest BCUT2D eigenvalue weighted by Gasteiger charge is 2.45. The summed E-state index contributed by atoms with van der Waals surface area (Å²) in [4.78, 5) is 26.1. The second kappa shape index (κ2) is 9.39. The number of aromatic nitrogens is 2. The fraction of sp³-hybridized carbons (Fsp3) is 0.500. The molecule has 1 saturated heterocycles. The van der Waals surface area contributed by atoms with Gasteiger partial charge in [-0.1, -0.05) is 6.08 Å². The molecule has 6 N–H and O–H groups in total. The van der Waals surface area contributed by atoms with Crippen LogP contribution in [0.15, 0.2) is 29.7 Å². The molecule has 2 rings (SSSR count). The summed E-state index contributed by atoms with van der Waals surface area (Å²) in [6.45, 7) is 1.94.